The van der Waals surface area contributed by atoms with Gasteiger partial charge in [0.1, 0.15) is 0 Å². The number of esters is 1. The van der Waals surface area contributed by atoms with Gasteiger partial charge in [0.2, 0.25) is 0 Å². The Balaban J connectivity index is 2.63. The van der Waals surface area contributed by atoms with Crippen molar-refractivity contribution in [2.75, 3.05) is 6.61 Å². The number of carbonyl (C=O) groups is 1. The van der Waals surface area contributed by atoms with E-state index in [1.807, 2.05) is 13.8 Å². The van der Waals surface area contributed by atoms with E-state index < -0.39 is 0 Å². The number of hydrogen-bond donors (Lipinski definition) is 0. The maximum absolute atomic E-state index is 11.0. The fourth-order valence-electron chi connectivity index (χ4n) is 1.43. The normalized spacial score (nSPS) is 31.5. The fourth-order valence-corrected chi connectivity index (χ4v) is 1.43. The summed E-state index contributed by atoms with van der Waals surface area (Å²) in [4.78, 5) is 11.0. The summed E-state index contributed by atoms with van der Waals surface area (Å²) in [5.41, 5.74) is -0.252. The van der Waals surface area contributed by atoms with Crippen LogP contribution in [0.3, 0.4) is 0 Å². The van der Waals surface area contributed by atoms with Crippen molar-refractivity contribution in [3.63, 3.8) is 0 Å². The molecule has 1 rings (SSSR count). The maximum Gasteiger partial charge on any atom is 0.311 e. The molecule has 58 valence electrons. The van der Waals surface area contributed by atoms with E-state index >= 15 is 0 Å². The molecule has 1 aliphatic heterocycles. The molecular weight excluding hydrogens is 128 g/mol. The van der Waals surface area contributed by atoms with Gasteiger partial charge in [-0.25, -0.2) is 0 Å². The molecule has 1 atom stereocenters. The summed E-state index contributed by atoms with van der Waals surface area (Å²) in [5.74, 6) is 0.471. The Morgan fingerprint density at radius 3 is 2.60 bits per heavy atom. The standard InChI is InChI=1S/C8H14O2/c1-6-4-8(2,3)7(9)10-5-6/h6H,4-5H2,1-3H3. The minimum atomic E-state index is -0.252. The average molecular weight is 142 g/mol. The van der Waals surface area contributed by atoms with Gasteiger partial charge in [-0.3, -0.25) is 4.79 Å². The van der Waals surface area contributed by atoms with Crippen molar-refractivity contribution >= 4 is 5.97 Å². The van der Waals surface area contributed by atoms with Crippen molar-refractivity contribution in [3.05, 3.63) is 0 Å². The molecule has 1 unspecified atom stereocenters. The van der Waals surface area contributed by atoms with Crippen LogP contribution in [0.2, 0.25) is 0 Å². The van der Waals surface area contributed by atoms with Crippen molar-refractivity contribution < 1.29 is 9.53 Å². The molecule has 2 nitrogen and oxygen atoms in total. The molecule has 0 N–H and O–H groups in total. The highest BCUT2D eigenvalue weighted by molar-refractivity contribution is 5.76. The third kappa shape index (κ3) is 1.31. The van der Waals surface area contributed by atoms with Gasteiger partial charge in [-0.1, -0.05) is 6.92 Å². The van der Waals surface area contributed by atoms with E-state index in [-0.39, 0.29) is 11.4 Å². The smallest absolute Gasteiger partial charge is 0.311 e. The maximum atomic E-state index is 11.0. The highest BCUT2D eigenvalue weighted by atomic mass is 16.5. The zero-order valence-electron chi connectivity index (χ0n) is 6.81. The van der Waals surface area contributed by atoms with Gasteiger partial charge in [0, 0.05) is 0 Å². The summed E-state index contributed by atoms with van der Waals surface area (Å²) >= 11 is 0. The molecule has 0 aromatic carbocycles. The molecule has 0 bridgehead atoms. The summed E-state index contributed by atoms with van der Waals surface area (Å²) in [5, 5.41) is 0. The number of ether oxygens (including phenoxy) is 1. The minimum Gasteiger partial charge on any atom is -0.465 e. The van der Waals surface area contributed by atoms with Gasteiger partial charge in [0.25, 0.3) is 0 Å². The lowest BCUT2D eigenvalue weighted by atomic mass is 9.82. The van der Waals surface area contributed by atoms with Crippen molar-refractivity contribution in [1.29, 1.82) is 0 Å². The van der Waals surface area contributed by atoms with E-state index in [0.717, 1.165) is 6.42 Å². The first-order valence-electron chi connectivity index (χ1n) is 3.69. The molecule has 0 spiro atoms. The van der Waals surface area contributed by atoms with Gasteiger partial charge >= 0.3 is 5.97 Å². The van der Waals surface area contributed by atoms with Crippen LogP contribution in [-0.4, -0.2) is 12.6 Å². The molecule has 1 heterocycles. The molecule has 0 aromatic rings. The molecule has 0 aliphatic carbocycles. The molecule has 1 aliphatic rings. The molecular formula is C8H14O2. The second kappa shape index (κ2) is 2.26. The SMILES string of the molecule is CC1COC(=O)C(C)(C)C1. The number of hydrogen-bond acceptors (Lipinski definition) is 2. The quantitative estimate of drug-likeness (QED) is 0.480. The molecule has 1 saturated heterocycles. The summed E-state index contributed by atoms with van der Waals surface area (Å²) in [6.07, 6.45) is 0.950. The van der Waals surface area contributed by atoms with E-state index in [2.05, 4.69) is 6.92 Å². The summed E-state index contributed by atoms with van der Waals surface area (Å²) in [6, 6.07) is 0. The van der Waals surface area contributed by atoms with Crippen LogP contribution >= 0.6 is 0 Å². The molecule has 0 radical (unpaired) electrons. The van der Waals surface area contributed by atoms with E-state index in [1.54, 1.807) is 0 Å². The fraction of sp³-hybridized carbons (Fsp3) is 0.875. The number of cyclic esters (lactones) is 1. The molecule has 10 heavy (non-hydrogen) atoms. The van der Waals surface area contributed by atoms with Crippen LogP contribution in [0.15, 0.2) is 0 Å². The second-order valence-electron chi connectivity index (χ2n) is 3.79. The molecule has 1 fully saturated rings. The van der Waals surface area contributed by atoms with E-state index in [0.29, 0.717) is 12.5 Å². The molecule has 0 aromatic heterocycles. The van der Waals surface area contributed by atoms with Gasteiger partial charge in [0.15, 0.2) is 0 Å². The van der Waals surface area contributed by atoms with Crippen molar-refractivity contribution in [2.45, 2.75) is 27.2 Å². The van der Waals surface area contributed by atoms with Crippen LogP contribution in [0, 0.1) is 11.3 Å². The van der Waals surface area contributed by atoms with E-state index in [1.165, 1.54) is 0 Å². The lowest BCUT2D eigenvalue weighted by Crippen LogP contribution is -2.35. The van der Waals surface area contributed by atoms with E-state index in [9.17, 15) is 4.79 Å². The van der Waals surface area contributed by atoms with Gasteiger partial charge in [-0.15, -0.1) is 0 Å². The van der Waals surface area contributed by atoms with Crippen molar-refractivity contribution in [1.82, 2.24) is 0 Å². The summed E-state index contributed by atoms with van der Waals surface area (Å²) in [6.45, 7) is 6.58. The predicted octanol–water partition coefficient (Wildman–Crippen LogP) is 1.60. The Morgan fingerprint density at radius 2 is 2.20 bits per heavy atom. The van der Waals surface area contributed by atoms with E-state index in [4.69, 9.17) is 4.74 Å². The van der Waals surface area contributed by atoms with Gasteiger partial charge < -0.3 is 4.74 Å². The Bertz CT molecular complexity index is 149. The van der Waals surface area contributed by atoms with Crippen LogP contribution in [0.1, 0.15) is 27.2 Å². The summed E-state index contributed by atoms with van der Waals surface area (Å²) in [7, 11) is 0. The monoisotopic (exact) mass is 142 g/mol. The molecule has 0 amide bonds. The zero-order chi connectivity index (χ0) is 7.78. The molecule has 0 saturated carbocycles. The minimum absolute atomic E-state index is 0.0504. The topological polar surface area (TPSA) is 26.3 Å². The van der Waals surface area contributed by atoms with Crippen LogP contribution in [-0.2, 0) is 9.53 Å². The Kier molecular flexibility index (Phi) is 1.71. The third-order valence-corrected chi connectivity index (χ3v) is 1.91. The number of carbonyl (C=O) groups excluding carboxylic acids is 1. The number of rotatable bonds is 0. The Hall–Kier alpha value is -0.530. The largest absolute Gasteiger partial charge is 0.465 e. The van der Waals surface area contributed by atoms with Crippen LogP contribution in [0.4, 0.5) is 0 Å². The van der Waals surface area contributed by atoms with Crippen LogP contribution in [0.5, 0.6) is 0 Å². The van der Waals surface area contributed by atoms with Gasteiger partial charge in [-0.2, -0.15) is 0 Å². The highest BCUT2D eigenvalue weighted by Crippen LogP contribution is 2.31. The third-order valence-electron chi connectivity index (χ3n) is 1.91. The summed E-state index contributed by atoms with van der Waals surface area (Å²) < 4.78 is 4.97. The van der Waals surface area contributed by atoms with Crippen molar-refractivity contribution in [3.8, 4) is 0 Å². The Morgan fingerprint density at radius 1 is 1.60 bits per heavy atom. The second-order valence-corrected chi connectivity index (χ2v) is 3.79. The average Bonchev–Trinajstić information content (AvgIpc) is 1.78. The predicted molar refractivity (Wildman–Crippen MR) is 38.5 cm³/mol. The highest BCUT2D eigenvalue weighted by Gasteiger charge is 2.35. The van der Waals surface area contributed by atoms with Crippen LogP contribution in [0.25, 0.3) is 0 Å². The lowest BCUT2D eigenvalue weighted by molar-refractivity contribution is -0.162. The van der Waals surface area contributed by atoms with Crippen LogP contribution < -0.4 is 0 Å². The zero-order valence-corrected chi connectivity index (χ0v) is 6.81. The first-order valence-corrected chi connectivity index (χ1v) is 3.69. The lowest BCUT2D eigenvalue weighted by Gasteiger charge is -2.31. The first-order chi connectivity index (χ1) is 4.52. The van der Waals surface area contributed by atoms with Crippen molar-refractivity contribution in [2.24, 2.45) is 11.3 Å². The molecule has 2 heteroatoms. The van der Waals surface area contributed by atoms with Gasteiger partial charge in [-0.05, 0) is 26.2 Å². The first kappa shape index (κ1) is 7.58. The van der Waals surface area contributed by atoms with Gasteiger partial charge in [0.05, 0.1) is 12.0 Å². The Labute approximate surface area is 61.6 Å².